The molecule has 1 fully saturated rings. The van der Waals surface area contributed by atoms with E-state index in [0.29, 0.717) is 24.2 Å². The smallest absolute Gasteiger partial charge is 0.322 e. The summed E-state index contributed by atoms with van der Waals surface area (Å²) in [7, 11) is -3.80. The summed E-state index contributed by atoms with van der Waals surface area (Å²) in [6.45, 7) is 5.80. The number of hydrogen-bond acceptors (Lipinski definition) is 4. The molecule has 1 unspecified atom stereocenters. The number of carboxylic acids is 1. The van der Waals surface area contributed by atoms with E-state index in [1.165, 1.54) is 12.1 Å². The maximum atomic E-state index is 12.7. The zero-order chi connectivity index (χ0) is 16.5. The largest absolute Gasteiger partial charge is 0.491 e. The summed E-state index contributed by atoms with van der Waals surface area (Å²) in [6.07, 6.45) is 0.905. The SMILES string of the molecule is Cc1cc(S(=O)(=O)N2CCCC2C(=O)O)ccc1OC(C)C. The Morgan fingerprint density at radius 2 is 2.09 bits per heavy atom. The van der Waals surface area contributed by atoms with Crippen molar-refractivity contribution >= 4 is 16.0 Å². The lowest BCUT2D eigenvalue weighted by atomic mass is 10.2. The second kappa shape index (κ2) is 6.26. The molecule has 2 rings (SSSR count). The zero-order valence-electron chi connectivity index (χ0n) is 12.9. The third kappa shape index (κ3) is 3.25. The Morgan fingerprint density at radius 3 is 2.64 bits per heavy atom. The van der Waals surface area contributed by atoms with E-state index in [1.807, 2.05) is 13.8 Å². The van der Waals surface area contributed by atoms with Gasteiger partial charge in [0.15, 0.2) is 0 Å². The molecule has 6 nitrogen and oxygen atoms in total. The first kappa shape index (κ1) is 16.8. The summed E-state index contributed by atoms with van der Waals surface area (Å²) in [5.74, 6) is -0.470. The number of hydrogen-bond donors (Lipinski definition) is 1. The molecule has 1 aromatic rings. The molecule has 1 saturated heterocycles. The van der Waals surface area contributed by atoms with E-state index < -0.39 is 22.0 Å². The highest BCUT2D eigenvalue weighted by Gasteiger charge is 2.39. The van der Waals surface area contributed by atoms with Crippen LogP contribution < -0.4 is 4.74 Å². The van der Waals surface area contributed by atoms with Gasteiger partial charge in [-0.1, -0.05) is 0 Å². The van der Waals surface area contributed by atoms with Gasteiger partial charge in [-0.3, -0.25) is 4.79 Å². The molecule has 0 radical (unpaired) electrons. The summed E-state index contributed by atoms with van der Waals surface area (Å²) in [5, 5.41) is 9.17. The van der Waals surface area contributed by atoms with Gasteiger partial charge < -0.3 is 9.84 Å². The van der Waals surface area contributed by atoms with Crippen LogP contribution in [0.3, 0.4) is 0 Å². The van der Waals surface area contributed by atoms with Gasteiger partial charge in [0.25, 0.3) is 0 Å². The normalized spacial score (nSPS) is 19.5. The zero-order valence-corrected chi connectivity index (χ0v) is 13.8. The number of benzene rings is 1. The van der Waals surface area contributed by atoms with Crippen molar-refractivity contribution in [2.24, 2.45) is 0 Å². The molecular formula is C15H21NO5S. The van der Waals surface area contributed by atoms with Crippen LogP contribution in [-0.4, -0.2) is 42.5 Å². The molecule has 0 aromatic heterocycles. The number of carbonyl (C=O) groups is 1. The Hall–Kier alpha value is -1.60. The molecule has 0 aliphatic carbocycles. The molecular weight excluding hydrogens is 306 g/mol. The van der Waals surface area contributed by atoms with Crippen molar-refractivity contribution in [1.29, 1.82) is 0 Å². The van der Waals surface area contributed by atoms with Gasteiger partial charge in [-0.15, -0.1) is 0 Å². The number of carboxylic acid groups (broad SMARTS) is 1. The second-order valence-corrected chi connectivity index (χ2v) is 7.60. The number of nitrogens with zero attached hydrogens (tertiary/aromatic N) is 1. The van der Waals surface area contributed by atoms with Gasteiger partial charge in [0.05, 0.1) is 11.0 Å². The summed E-state index contributed by atoms with van der Waals surface area (Å²) in [4.78, 5) is 11.3. The lowest BCUT2D eigenvalue weighted by Crippen LogP contribution is -2.40. The van der Waals surface area contributed by atoms with Crippen molar-refractivity contribution in [3.05, 3.63) is 23.8 Å². The van der Waals surface area contributed by atoms with E-state index in [1.54, 1.807) is 13.0 Å². The van der Waals surface area contributed by atoms with Crippen LogP contribution in [0.4, 0.5) is 0 Å². The third-order valence-corrected chi connectivity index (χ3v) is 5.51. The van der Waals surface area contributed by atoms with Gasteiger partial charge in [-0.05, 0) is 57.4 Å². The average Bonchev–Trinajstić information content (AvgIpc) is 2.90. The Labute approximate surface area is 130 Å². The minimum absolute atomic E-state index is 0.00358. The number of rotatable bonds is 5. The van der Waals surface area contributed by atoms with Crippen molar-refractivity contribution in [2.45, 2.75) is 50.7 Å². The van der Waals surface area contributed by atoms with Crippen LogP contribution in [0, 0.1) is 6.92 Å². The lowest BCUT2D eigenvalue weighted by Gasteiger charge is -2.21. The molecule has 1 N–H and O–H groups in total. The minimum atomic E-state index is -3.80. The van der Waals surface area contributed by atoms with Gasteiger partial charge in [-0.25, -0.2) is 8.42 Å². The molecule has 1 aromatic carbocycles. The topological polar surface area (TPSA) is 83.9 Å². The molecule has 122 valence electrons. The van der Waals surface area contributed by atoms with E-state index in [4.69, 9.17) is 9.84 Å². The maximum absolute atomic E-state index is 12.7. The Kier molecular flexibility index (Phi) is 4.77. The maximum Gasteiger partial charge on any atom is 0.322 e. The van der Waals surface area contributed by atoms with Crippen molar-refractivity contribution in [3.8, 4) is 5.75 Å². The van der Waals surface area contributed by atoms with Crippen LogP contribution in [0.2, 0.25) is 0 Å². The molecule has 1 atom stereocenters. The molecule has 0 amide bonds. The Balaban J connectivity index is 2.34. The van der Waals surface area contributed by atoms with Crippen LogP contribution >= 0.6 is 0 Å². The molecule has 22 heavy (non-hydrogen) atoms. The molecule has 0 bridgehead atoms. The minimum Gasteiger partial charge on any atom is -0.491 e. The molecule has 1 aliphatic rings. The summed E-state index contributed by atoms with van der Waals surface area (Å²) in [5.41, 5.74) is 0.709. The highest BCUT2D eigenvalue weighted by atomic mass is 32.2. The predicted molar refractivity (Wildman–Crippen MR) is 81.5 cm³/mol. The van der Waals surface area contributed by atoms with Crippen molar-refractivity contribution in [3.63, 3.8) is 0 Å². The fourth-order valence-corrected chi connectivity index (χ4v) is 4.32. The van der Waals surface area contributed by atoms with E-state index in [2.05, 4.69) is 0 Å². The van der Waals surface area contributed by atoms with Crippen molar-refractivity contribution < 1.29 is 23.1 Å². The van der Waals surface area contributed by atoms with E-state index in [0.717, 1.165) is 4.31 Å². The van der Waals surface area contributed by atoms with Crippen LogP contribution in [0.1, 0.15) is 32.3 Å². The summed E-state index contributed by atoms with van der Waals surface area (Å²) >= 11 is 0. The summed E-state index contributed by atoms with van der Waals surface area (Å²) < 4.78 is 32.0. The van der Waals surface area contributed by atoms with Gasteiger partial charge in [0.2, 0.25) is 10.0 Å². The van der Waals surface area contributed by atoms with Gasteiger partial charge >= 0.3 is 5.97 Å². The van der Waals surface area contributed by atoms with E-state index in [-0.39, 0.29) is 17.5 Å². The van der Waals surface area contributed by atoms with Crippen molar-refractivity contribution in [1.82, 2.24) is 4.31 Å². The fourth-order valence-electron chi connectivity index (χ4n) is 2.58. The average molecular weight is 327 g/mol. The number of sulfonamides is 1. The first-order valence-electron chi connectivity index (χ1n) is 7.25. The molecule has 0 spiro atoms. The van der Waals surface area contributed by atoms with Gasteiger partial charge in [0.1, 0.15) is 11.8 Å². The highest BCUT2D eigenvalue weighted by Crippen LogP contribution is 2.29. The monoisotopic (exact) mass is 327 g/mol. The number of ether oxygens (including phenoxy) is 1. The van der Waals surface area contributed by atoms with E-state index >= 15 is 0 Å². The van der Waals surface area contributed by atoms with Gasteiger partial charge in [-0.2, -0.15) is 4.31 Å². The lowest BCUT2D eigenvalue weighted by molar-refractivity contribution is -0.140. The molecule has 1 aliphatic heterocycles. The Morgan fingerprint density at radius 1 is 1.41 bits per heavy atom. The van der Waals surface area contributed by atoms with Crippen molar-refractivity contribution in [2.75, 3.05) is 6.54 Å². The first-order valence-corrected chi connectivity index (χ1v) is 8.69. The molecule has 7 heteroatoms. The van der Waals surface area contributed by atoms with E-state index in [9.17, 15) is 13.2 Å². The number of aryl methyl sites for hydroxylation is 1. The van der Waals surface area contributed by atoms with Crippen LogP contribution in [0.25, 0.3) is 0 Å². The summed E-state index contributed by atoms with van der Waals surface area (Å²) in [6, 6.07) is 3.65. The molecule has 1 heterocycles. The van der Waals surface area contributed by atoms with Crippen LogP contribution in [-0.2, 0) is 14.8 Å². The number of aliphatic carboxylic acids is 1. The second-order valence-electron chi connectivity index (χ2n) is 5.71. The standard InChI is InChI=1S/C15H21NO5S/c1-10(2)21-14-7-6-12(9-11(14)3)22(19,20)16-8-4-5-13(16)15(17)18/h6-7,9-10,13H,4-5,8H2,1-3H3,(H,17,18). The quantitative estimate of drug-likeness (QED) is 0.894. The predicted octanol–water partition coefficient (Wildman–Crippen LogP) is 2.02. The first-order chi connectivity index (χ1) is 10.2. The van der Waals surface area contributed by atoms with Crippen LogP contribution in [0.5, 0.6) is 5.75 Å². The van der Waals surface area contributed by atoms with Gasteiger partial charge in [0, 0.05) is 6.54 Å². The highest BCUT2D eigenvalue weighted by molar-refractivity contribution is 7.89. The molecule has 0 saturated carbocycles. The third-order valence-electron chi connectivity index (χ3n) is 3.60. The fraction of sp³-hybridized carbons (Fsp3) is 0.533. The van der Waals surface area contributed by atoms with Crippen LogP contribution in [0.15, 0.2) is 23.1 Å². The Bertz CT molecular complexity index is 669.